The lowest BCUT2D eigenvalue weighted by Gasteiger charge is -2.30. The molecule has 1 N–H and O–H groups in total. The Balaban J connectivity index is 1.81. The topological polar surface area (TPSA) is 75.7 Å². The molecule has 0 saturated heterocycles. The highest BCUT2D eigenvalue weighted by atomic mass is 32.2. The van der Waals surface area contributed by atoms with E-state index in [1.165, 1.54) is 47.4 Å². The Morgan fingerprint density at radius 2 is 1.87 bits per heavy atom. The maximum Gasteiger partial charge on any atom is 0.573 e. The summed E-state index contributed by atoms with van der Waals surface area (Å²) in [6, 6.07) is 9.27. The van der Waals surface area contributed by atoms with Gasteiger partial charge in [0, 0.05) is 23.8 Å². The second-order valence-corrected chi connectivity index (χ2v) is 9.07. The summed E-state index contributed by atoms with van der Waals surface area (Å²) in [6.45, 7) is 4.03. The lowest BCUT2D eigenvalue weighted by molar-refractivity contribution is -0.274. The quantitative estimate of drug-likeness (QED) is 0.705. The first-order chi connectivity index (χ1) is 14.5. The van der Waals surface area contributed by atoms with E-state index in [-0.39, 0.29) is 28.2 Å². The summed E-state index contributed by atoms with van der Waals surface area (Å²) in [4.78, 5) is 14.5. The summed E-state index contributed by atoms with van der Waals surface area (Å²) in [5.74, 6) is -0.687. The van der Waals surface area contributed by atoms with Crippen molar-refractivity contribution < 1.29 is 31.1 Å². The van der Waals surface area contributed by atoms with Gasteiger partial charge in [-0.25, -0.2) is 13.1 Å². The standard InChI is InChI=1S/C21H23F3N2O4S/c1-3-14(2)25-31(28,29)18-9-6-15(7-10-18)20(27)26-12-4-5-16-13-17(8-11-19(16)26)30-21(22,23)24/h6-11,13-14,25H,3-5,12H2,1-2H3. The van der Waals surface area contributed by atoms with Gasteiger partial charge in [0.25, 0.3) is 5.91 Å². The minimum atomic E-state index is -4.79. The van der Waals surface area contributed by atoms with Gasteiger partial charge < -0.3 is 9.64 Å². The van der Waals surface area contributed by atoms with Crippen LogP contribution in [0.1, 0.15) is 42.6 Å². The molecule has 1 amide bonds. The molecule has 1 aliphatic rings. The minimum Gasteiger partial charge on any atom is -0.406 e. The molecular formula is C21H23F3N2O4S. The van der Waals surface area contributed by atoms with Crippen LogP contribution < -0.4 is 14.4 Å². The molecule has 1 heterocycles. The van der Waals surface area contributed by atoms with Gasteiger partial charge in [0.15, 0.2) is 0 Å². The molecule has 2 aromatic carbocycles. The van der Waals surface area contributed by atoms with E-state index in [0.29, 0.717) is 37.1 Å². The Bertz CT molecular complexity index is 1050. The smallest absolute Gasteiger partial charge is 0.406 e. The number of nitrogens with zero attached hydrogens (tertiary/aromatic N) is 1. The number of aryl methyl sites for hydroxylation is 1. The van der Waals surface area contributed by atoms with E-state index >= 15 is 0 Å². The summed E-state index contributed by atoms with van der Waals surface area (Å²) in [5, 5.41) is 0. The number of hydrogen-bond acceptors (Lipinski definition) is 4. The molecule has 10 heteroatoms. The molecule has 0 aliphatic carbocycles. The average molecular weight is 456 g/mol. The van der Waals surface area contributed by atoms with Crippen LogP contribution in [0.3, 0.4) is 0 Å². The molecule has 1 unspecified atom stereocenters. The molecule has 1 aliphatic heterocycles. The van der Waals surface area contributed by atoms with Crippen molar-refractivity contribution in [1.29, 1.82) is 0 Å². The molecule has 31 heavy (non-hydrogen) atoms. The summed E-state index contributed by atoms with van der Waals surface area (Å²) in [7, 11) is -3.69. The van der Waals surface area contributed by atoms with Crippen LogP contribution in [0.2, 0.25) is 0 Å². The van der Waals surface area contributed by atoms with E-state index in [4.69, 9.17) is 0 Å². The van der Waals surface area contributed by atoms with E-state index in [1.54, 1.807) is 6.92 Å². The second kappa shape index (κ2) is 8.88. The number of benzene rings is 2. The zero-order valence-electron chi connectivity index (χ0n) is 17.1. The van der Waals surface area contributed by atoms with Crippen molar-refractivity contribution in [2.45, 2.75) is 50.4 Å². The second-order valence-electron chi connectivity index (χ2n) is 7.35. The number of amides is 1. The first-order valence-corrected chi connectivity index (χ1v) is 11.3. The molecule has 0 saturated carbocycles. The molecule has 0 bridgehead atoms. The Labute approximate surface area is 179 Å². The lowest BCUT2D eigenvalue weighted by Crippen LogP contribution is -2.35. The van der Waals surface area contributed by atoms with Crippen molar-refractivity contribution in [3.8, 4) is 5.75 Å². The maximum absolute atomic E-state index is 13.0. The summed E-state index contributed by atoms with van der Waals surface area (Å²) >= 11 is 0. The first-order valence-electron chi connectivity index (χ1n) is 9.83. The van der Waals surface area contributed by atoms with Crippen molar-refractivity contribution in [2.75, 3.05) is 11.4 Å². The Morgan fingerprint density at radius 3 is 2.48 bits per heavy atom. The highest BCUT2D eigenvalue weighted by molar-refractivity contribution is 7.89. The van der Waals surface area contributed by atoms with Crippen LogP contribution in [0, 0.1) is 0 Å². The van der Waals surface area contributed by atoms with E-state index in [9.17, 15) is 26.4 Å². The van der Waals surface area contributed by atoms with Gasteiger partial charge in [0.05, 0.1) is 4.90 Å². The number of nitrogens with one attached hydrogen (secondary N) is 1. The van der Waals surface area contributed by atoms with Crippen molar-refractivity contribution in [2.24, 2.45) is 0 Å². The number of ether oxygens (including phenoxy) is 1. The van der Waals surface area contributed by atoms with E-state index in [2.05, 4.69) is 9.46 Å². The number of sulfonamides is 1. The largest absolute Gasteiger partial charge is 0.573 e. The number of anilines is 1. The van der Waals surface area contributed by atoms with Crippen LogP contribution in [-0.4, -0.2) is 33.3 Å². The van der Waals surface area contributed by atoms with Gasteiger partial charge in [0.2, 0.25) is 10.0 Å². The van der Waals surface area contributed by atoms with Gasteiger partial charge in [-0.15, -0.1) is 13.2 Å². The molecule has 0 radical (unpaired) electrons. The first kappa shape index (κ1) is 23.1. The normalized spacial score (nSPS) is 15.3. The lowest BCUT2D eigenvalue weighted by atomic mass is 10.0. The van der Waals surface area contributed by atoms with Crippen molar-refractivity contribution in [3.05, 3.63) is 53.6 Å². The minimum absolute atomic E-state index is 0.0531. The molecule has 2 aromatic rings. The molecule has 168 valence electrons. The highest BCUT2D eigenvalue weighted by Gasteiger charge is 2.32. The van der Waals surface area contributed by atoms with Crippen LogP contribution in [0.25, 0.3) is 0 Å². The zero-order chi connectivity index (χ0) is 22.8. The Hall–Kier alpha value is -2.59. The van der Waals surface area contributed by atoms with Crippen molar-refractivity contribution in [3.63, 3.8) is 0 Å². The third kappa shape index (κ3) is 5.56. The number of fused-ring (bicyclic) bond motifs is 1. The maximum atomic E-state index is 13.0. The molecular weight excluding hydrogens is 433 g/mol. The van der Waals surface area contributed by atoms with Crippen molar-refractivity contribution in [1.82, 2.24) is 4.72 Å². The van der Waals surface area contributed by atoms with E-state index in [1.807, 2.05) is 6.92 Å². The van der Waals surface area contributed by atoms with Gasteiger partial charge in [-0.3, -0.25) is 4.79 Å². The third-order valence-corrected chi connectivity index (χ3v) is 6.63. The monoisotopic (exact) mass is 456 g/mol. The Morgan fingerprint density at radius 1 is 1.19 bits per heavy atom. The number of carbonyl (C=O) groups excluding carboxylic acids is 1. The number of halogens is 3. The van der Waals surface area contributed by atoms with E-state index in [0.717, 1.165) is 0 Å². The van der Waals surface area contributed by atoms with E-state index < -0.39 is 16.4 Å². The summed E-state index contributed by atoms with van der Waals surface area (Å²) in [5.41, 5.74) is 1.38. The summed E-state index contributed by atoms with van der Waals surface area (Å²) in [6.07, 6.45) is -3.05. The predicted octanol–water partition coefficient (Wildman–Crippen LogP) is 4.26. The average Bonchev–Trinajstić information content (AvgIpc) is 2.71. The van der Waals surface area contributed by atoms with Gasteiger partial charge in [-0.2, -0.15) is 0 Å². The van der Waals surface area contributed by atoms with Crippen LogP contribution >= 0.6 is 0 Å². The fourth-order valence-electron chi connectivity index (χ4n) is 3.33. The number of hydrogen-bond donors (Lipinski definition) is 1. The molecule has 0 spiro atoms. The highest BCUT2D eigenvalue weighted by Crippen LogP contribution is 2.33. The Kier molecular flexibility index (Phi) is 6.61. The molecule has 6 nitrogen and oxygen atoms in total. The van der Waals surface area contributed by atoms with Crippen LogP contribution in [0.5, 0.6) is 5.75 Å². The fourth-order valence-corrected chi connectivity index (χ4v) is 4.66. The molecule has 1 atom stereocenters. The van der Waals surface area contributed by atoms with Crippen LogP contribution in [-0.2, 0) is 16.4 Å². The van der Waals surface area contributed by atoms with Gasteiger partial charge in [-0.05, 0) is 74.2 Å². The number of carbonyl (C=O) groups is 1. The SMILES string of the molecule is CCC(C)NS(=O)(=O)c1ccc(C(=O)N2CCCc3cc(OC(F)(F)F)ccc32)cc1. The van der Waals surface area contributed by atoms with Crippen LogP contribution in [0.4, 0.5) is 18.9 Å². The zero-order valence-corrected chi connectivity index (χ0v) is 17.9. The summed E-state index contributed by atoms with van der Waals surface area (Å²) < 4.78 is 68.7. The van der Waals surface area contributed by atoms with Gasteiger partial charge in [-0.1, -0.05) is 6.92 Å². The molecule has 0 aromatic heterocycles. The predicted molar refractivity (Wildman–Crippen MR) is 110 cm³/mol. The van der Waals surface area contributed by atoms with Gasteiger partial charge >= 0.3 is 6.36 Å². The van der Waals surface area contributed by atoms with Crippen LogP contribution in [0.15, 0.2) is 47.4 Å². The van der Waals surface area contributed by atoms with Gasteiger partial charge in [0.1, 0.15) is 5.75 Å². The molecule has 3 rings (SSSR count). The fraction of sp³-hybridized carbons (Fsp3) is 0.381. The molecule has 0 fully saturated rings. The van der Waals surface area contributed by atoms with Crippen molar-refractivity contribution >= 4 is 21.6 Å². The number of rotatable bonds is 6. The third-order valence-electron chi connectivity index (χ3n) is 5.03. The number of alkyl halides is 3.